The van der Waals surface area contributed by atoms with E-state index in [0.29, 0.717) is 21.8 Å². The molecule has 142 valence electrons. The van der Waals surface area contributed by atoms with E-state index in [1.54, 1.807) is 24.3 Å². The molecule has 0 spiro atoms. The maximum atomic E-state index is 12.6. The van der Waals surface area contributed by atoms with Crippen molar-refractivity contribution in [2.45, 2.75) is 52.0 Å². The van der Waals surface area contributed by atoms with Crippen molar-refractivity contribution in [3.63, 3.8) is 0 Å². The van der Waals surface area contributed by atoms with Crippen LogP contribution in [0.15, 0.2) is 36.4 Å². The van der Waals surface area contributed by atoms with Crippen LogP contribution in [0.4, 0.5) is 5.69 Å². The highest BCUT2D eigenvalue weighted by atomic mass is 35.5. The van der Waals surface area contributed by atoms with E-state index in [1.165, 1.54) is 6.42 Å². The van der Waals surface area contributed by atoms with Gasteiger partial charge in [0.2, 0.25) is 0 Å². The van der Waals surface area contributed by atoms with Gasteiger partial charge in [-0.25, -0.2) is 0 Å². The van der Waals surface area contributed by atoms with E-state index in [9.17, 15) is 9.59 Å². The van der Waals surface area contributed by atoms with Crippen molar-refractivity contribution in [2.75, 3.05) is 5.32 Å². The molecule has 0 atom stereocenters. The van der Waals surface area contributed by atoms with Crippen LogP contribution in [0.25, 0.3) is 0 Å². The Morgan fingerprint density at radius 1 is 0.963 bits per heavy atom. The van der Waals surface area contributed by atoms with Gasteiger partial charge in [-0.1, -0.05) is 43.0 Å². The van der Waals surface area contributed by atoms with Gasteiger partial charge in [0.05, 0.1) is 10.6 Å². The summed E-state index contributed by atoms with van der Waals surface area (Å²) in [6.45, 7) is 3.90. The van der Waals surface area contributed by atoms with E-state index in [0.717, 1.165) is 36.8 Å². The third-order valence-corrected chi connectivity index (χ3v) is 5.59. The fourth-order valence-corrected chi connectivity index (χ4v) is 3.69. The lowest BCUT2D eigenvalue weighted by Gasteiger charge is -2.23. The Kier molecular flexibility index (Phi) is 6.17. The molecule has 0 bridgehead atoms. The Labute approximate surface area is 165 Å². The van der Waals surface area contributed by atoms with Gasteiger partial charge in [-0.3, -0.25) is 9.59 Å². The van der Waals surface area contributed by atoms with Crippen molar-refractivity contribution in [3.8, 4) is 0 Å². The zero-order chi connectivity index (χ0) is 19.4. The van der Waals surface area contributed by atoms with Crippen LogP contribution < -0.4 is 10.6 Å². The van der Waals surface area contributed by atoms with E-state index < -0.39 is 0 Å². The number of hydrogen-bond donors (Lipinski definition) is 2. The van der Waals surface area contributed by atoms with E-state index in [4.69, 9.17) is 11.6 Å². The number of nitrogens with one attached hydrogen (secondary N) is 2. The number of anilines is 1. The molecule has 0 aromatic heterocycles. The molecule has 2 amide bonds. The Morgan fingerprint density at radius 2 is 1.70 bits per heavy atom. The van der Waals surface area contributed by atoms with Gasteiger partial charge in [-0.15, -0.1) is 0 Å². The lowest BCUT2D eigenvalue weighted by molar-refractivity contribution is 0.0926. The molecule has 2 aromatic carbocycles. The molecule has 2 aromatic rings. The number of benzene rings is 2. The maximum Gasteiger partial charge on any atom is 0.255 e. The van der Waals surface area contributed by atoms with Crippen LogP contribution in [0.5, 0.6) is 0 Å². The summed E-state index contributed by atoms with van der Waals surface area (Å²) in [6.07, 6.45) is 5.53. The second-order valence-corrected chi connectivity index (χ2v) is 7.61. The lowest BCUT2D eigenvalue weighted by Crippen LogP contribution is -2.36. The number of aryl methyl sites for hydroxylation is 1. The molecule has 4 nitrogen and oxygen atoms in total. The number of rotatable bonds is 4. The average molecular weight is 385 g/mol. The summed E-state index contributed by atoms with van der Waals surface area (Å²) < 4.78 is 0. The molecular weight excluding hydrogens is 360 g/mol. The smallest absolute Gasteiger partial charge is 0.255 e. The van der Waals surface area contributed by atoms with Crippen LogP contribution in [0, 0.1) is 13.8 Å². The summed E-state index contributed by atoms with van der Waals surface area (Å²) in [7, 11) is 0. The first-order valence-electron chi connectivity index (χ1n) is 9.43. The second kappa shape index (κ2) is 8.57. The molecule has 27 heavy (non-hydrogen) atoms. The average Bonchev–Trinajstić information content (AvgIpc) is 2.66. The number of halogens is 1. The molecular formula is C22H25ClN2O2. The van der Waals surface area contributed by atoms with Crippen LogP contribution in [0.2, 0.25) is 5.02 Å². The van der Waals surface area contributed by atoms with Gasteiger partial charge < -0.3 is 10.6 Å². The van der Waals surface area contributed by atoms with Crippen LogP contribution in [-0.4, -0.2) is 17.9 Å². The molecule has 2 N–H and O–H groups in total. The first-order valence-corrected chi connectivity index (χ1v) is 9.81. The van der Waals surface area contributed by atoms with E-state index in [-0.39, 0.29) is 17.9 Å². The fraction of sp³-hybridized carbons (Fsp3) is 0.364. The van der Waals surface area contributed by atoms with E-state index in [2.05, 4.69) is 10.6 Å². The first-order chi connectivity index (χ1) is 13.0. The quantitative estimate of drug-likeness (QED) is 0.754. The number of hydrogen-bond acceptors (Lipinski definition) is 2. The highest BCUT2D eigenvalue weighted by Gasteiger charge is 2.19. The summed E-state index contributed by atoms with van der Waals surface area (Å²) in [5.74, 6) is -0.383. The van der Waals surface area contributed by atoms with Crippen molar-refractivity contribution < 1.29 is 9.59 Å². The van der Waals surface area contributed by atoms with Gasteiger partial charge in [0.1, 0.15) is 0 Å². The summed E-state index contributed by atoms with van der Waals surface area (Å²) in [4.78, 5) is 25.3. The van der Waals surface area contributed by atoms with Crippen molar-refractivity contribution in [3.05, 3.63) is 63.7 Å². The van der Waals surface area contributed by atoms with Crippen molar-refractivity contribution in [1.29, 1.82) is 0 Å². The predicted molar refractivity (Wildman–Crippen MR) is 110 cm³/mol. The second-order valence-electron chi connectivity index (χ2n) is 7.20. The first kappa shape index (κ1) is 19.4. The number of amides is 2. The SMILES string of the molecule is Cc1cccc(C(=O)Nc2ccc(Cl)c(C(=O)NC3CCCCC3)c2)c1C. The number of carbonyl (C=O) groups is 2. The molecule has 0 unspecified atom stereocenters. The Bertz CT molecular complexity index is 857. The molecule has 1 saturated carbocycles. The molecule has 3 rings (SSSR count). The van der Waals surface area contributed by atoms with Gasteiger partial charge in [0, 0.05) is 17.3 Å². The summed E-state index contributed by atoms with van der Waals surface area (Å²) >= 11 is 6.23. The topological polar surface area (TPSA) is 58.2 Å². The Hall–Kier alpha value is -2.33. The van der Waals surface area contributed by atoms with Crippen molar-refractivity contribution >= 4 is 29.1 Å². The minimum absolute atomic E-state index is 0.185. The molecule has 0 saturated heterocycles. The van der Waals surface area contributed by atoms with Gasteiger partial charge in [-0.2, -0.15) is 0 Å². The molecule has 1 aliphatic carbocycles. The summed E-state index contributed by atoms with van der Waals surface area (Å²) in [5, 5.41) is 6.33. The Balaban J connectivity index is 1.75. The zero-order valence-corrected chi connectivity index (χ0v) is 16.5. The molecule has 5 heteroatoms. The minimum Gasteiger partial charge on any atom is -0.349 e. The van der Waals surface area contributed by atoms with Crippen LogP contribution in [-0.2, 0) is 0 Å². The van der Waals surface area contributed by atoms with Gasteiger partial charge >= 0.3 is 0 Å². The fourth-order valence-electron chi connectivity index (χ4n) is 3.48. The van der Waals surface area contributed by atoms with E-state index >= 15 is 0 Å². The highest BCUT2D eigenvalue weighted by Crippen LogP contribution is 2.23. The molecule has 0 aliphatic heterocycles. The molecule has 1 fully saturated rings. The summed E-state index contributed by atoms with van der Waals surface area (Å²) in [6, 6.07) is 10.8. The highest BCUT2D eigenvalue weighted by molar-refractivity contribution is 6.34. The number of carbonyl (C=O) groups excluding carboxylic acids is 2. The predicted octanol–water partition coefficient (Wildman–Crippen LogP) is 5.27. The van der Waals surface area contributed by atoms with Crippen molar-refractivity contribution in [1.82, 2.24) is 5.32 Å². The van der Waals surface area contributed by atoms with Crippen LogP contribution in [0.1, 0.15) is 63.9 Å². The third kappa shape index (κ3) is 4.69. The van der Waals surface area contributed by atoms with Crippen LogP contribution in [0.3, 0.4) is 0 Å². The third-order valence-electron chi connectivity index (χ3n) is 5.26. The Morgan fingerprint density at radius 3 is 2.44 bits per heavy atom. The van der Waals surface area contributed by atoms with E-state index in [1.807, 2.05) is 26.0 Å². The van der Waals surface area contributed by atoms with Gasteiger partial charge in [0.25, 0.3) is 11.8 Å². The lowest BCUT2D eigenvalue weighted by atomic mass is 9.95. The van der Waals surface area contributed by atoms with Gasteiger partial charge in [-0.05, 0) is 62.1 Å². The molecule has 1 aliphatic rings. The van der Waals surface area contributed by atoms with Crippen LogP contribution >= 0.6 is 11.6 Å². The van der Waals surface area contributed by atoms with Gasteiger partial charge in [0.15, 0.2) is 0 Å². The zero-order valence-electron chi connectivity index (χ0n) is 15.8. The monoisotopic (exact) mass is 384 g/mol. The van der Waals surface area contributed by atoms with Crippen molar-refractivity contribution in [2.24, 2.45) is 0 Å². The molecule has 0 radical (unpaired) electrons. The normalized spacial score (nSPS) is 14.6. The summed E-state index contributed by atoms with van der Waals surface area (Å²) in [5.41, 5.74) is 3.57. The standard InChI is InChI=1S/C22H25ClN2O2/c1-14-7-6-10-18(15(14)2)21(26)25-17-11-12-20(23)19(13-17)22(27)24-16-8-4-3-5-9-16/h6-7,10-13,16H,3-5,8-9H2,1-2H3,(H,24,27)(H,25,26). The maximum absolute atomic E-state index is 12.6. The largest absolute Gasteiger partial charge is 0.349 e. The molecule has 0 heterocycles. The minimum atomic E-state index is -0.197.